The van der Waals surface area contributed by atoms with E-state index < -0.39 is 17.7 Å². The molecule has 0 radical (unpaired) electrons. The first kappa shape index (κ1) is 11.4. The van der Waals surface area contributed by atoms with E-state index in [9.17, 15) is 9.18 Å². The molecule has 1 aromatic carbocycles. The largest absolute Gasteiger partial charge is 0.481 e. The molecule has 0 saturated carbocycles. The average Bonchev–Trinajstić information content (AvgIpc) is 2.66. The number of benzene rings is 1. The van der Waals surface area contributed by atoms with Crippen molar-refractivity contribution in [3.05, 3.63) is 34.6 Å². The summed E-state index contributed by atoms with van der Waals surface area (Å²) in [6.45, 7) is 0.982. The molecule has 3 nitrogen and oxygen atoms in total. The number of hydrogen-bond donors (Lipinski definition) is 2. The maximum atomic E-state index is 12.9. The van der Waals surface area contributed by atoms with Gasteiger partial charge in [0.2, 0.25) is 0 Å². The molecule has 2 unspecified atom stereocenters. The van der Waals surface area contributed by atoms with Crippen LogP contribution in [0.2, 0.25) is 5.02 Å². The van der Waals surface area contributed by atoms with Crippen molar-refractivity contribution in [3.8, 4) is 0 Å². The number of carboxylic acid groups (broad SMARTS) is 1. The van der Waals surface area contributed by atoms with Crippen LogP contribution in [0, 0.1) is 11.7 Å². The lowest BCUT2D eigenvalue weighted by molar-refractivity contribution is -0.141. The Morgan fingerprint density at radius 3 is 2.88 bits per heavy atom. The van der Waals surface area contributed by atoms with Crippen LogP contribution in [0.3, 0.4) is 0 Å². The molecular formula is C11H11ClFNO2. The van der Waals surface area contributed by atoms with Crippen LogP contribution in [-0.4, -0.2) is 24.2 Å². The molecule has 0 aromatic heterocycles. The van der Waals surface area contributed by atoms with Crippen molar-refractivity contribution in [1.82, 2.24) is 5.32 Å². The monoisotopic (exact) mass is 243 g/mol. The van der Waals surface area contributed by atoms with Crippen LogP contribution in [0.25, 0.3) is 0 Å². The molecule has 16 heavy (non-hydrogen) atoms. The second kappa shape index (κ2) is 4.39. The first-order valence-electron chi connectivity index (χ1n) is 4.98. The number of hydrogen-bond acceptors (Lipinski definition) is 2. The SMILES string of the molecule is O=C(O)C1CNCC1c1ccc(F)cc1Cl. The van der Waals surface area contributed by atoms with Crippen molar-refractivity contribution in [3.63, 3.8) is 0 Å². The minimum atomic E-state index is -0.851. The molecular weight excluding hydrogens is 233 g/mol. The summed E-state index contributed by atoms with van der Waals surface area (Å²) in [6, 6.07) is 4.08. The smallest absolute Gasteiger partial charge is 0.308 e. The quantitative estimate of drug-likeness (QED) is 0.834. The number of aliphatic carboxylic acids is 1. The van der Waals surface area contributed by atoms with Crippen LogP contribution in [0.4, 0.5) is 4.39 Å². The fourth-order valence-electron chi connectivity index (χ4n) is 2.07. The average molecular weight is 244 g/mol. The van der Waals surface area contributed by atoms with Crippen LogP contribution in [0.1, 0.15) is 11.5 Å². The topological polar surface area (TPSA) is 49.3 Å². The molecule has 0 spiro atoms. The van der Waals surface area contributed by atoms with Crippen LogP contribution < -0.4 is 5.32 Å². The summed E-state index contributed by atoms with van der Waals surface area (Å²) in [5, 5.41) is 12.3. The molecule has 1 fully saturated rings. The number of nitrogens with one attached hydrogen (secondary N) is 1. The van der Waals surface area contributed by atoms with E-state index >= 15 is 0 Å². The van der Waals surface area contributed by atoms with Gasteiger partial charge in [-0.05, 0) is 17.7 Å². The van der Waals surface area contributed by atoms with E-state index in [4.69, 9.17) is 16.7 Å². The molecule has 0 bridgehead atoms. The standard InChI is InChI=1S/C11H11ClFNO2/c12-10-3-6(13)1-2-7(10)8-4-14-5-9(8)11(15)16/h1-3,8-9,14H,4-5H2,(H,15,16). The zero-order valence-corrected chi connectivity index (χ0v) is 9.17. The van der Waals surface area contributed by atoms with Crippen molar-refractivity contribution in [2.24, 2.45) is 5.92 Å². The summed E-state index contributed by atoms with van der Waals surface area (Å²) in [5.41, 5.74) is 0.695. The summed E-state index contributed by atoms with van der Waals surface area (Å²) in [4.78, 5) is 11.0. The molecule has 2 N–H and O–H groups in total. The Morgan fingerprint density at radius 2 is 2.25 bits per heavy atom. The molecule has 0 aliphatic carbocycles. The highest BCUT2D eigenvalue weighted by molar-refractivity contribution is 6.31. The normalized spacial score (nSPS) is 24.6. The van der Waals surface area contributed by atoms with Gasteiger partial charge >= 0.3 is 5.97 Å². The molecule has 86 valence electrons. The third kappa shape index (κ3) is 2.03. The zero-order chi connectivity index (χ0) is 11.7. The third-order valence-electron chi connectivity index (χ3n) is 2.89. The summed E-state index contributed by atoms with van der Waals surface area (Å²) >= 11 is 5.92. The van der Waals surface area contributed by atoms with E-state index in [0.717, 1.165) is 0 Å². The van der Waals surface area contributed by atoms with Crippen LogP contribution in [0.15, 0.2) is 18.2 Å². The number of halogens is 2. The van der Waals surface area contributed by atoms with Crippen molar-refractivity contribution < 1.29 is 14.3 Å². The Bertz CT molecular complexity index is 424. The number of carbonyl (C=O) groups is 1. The van der Waals surface area contributed by atoms with Gasteiger partial charge in [0, 0.05) is 24.0 Å². The van der Waals surface area contributed by atoms with Crippen LogP contribution in [0.5, 0.6) is 0 Å². The Hall–Kier alpha value is -1.13. The Kier molecular flexibility index (Phi) is 3.12. The minimum Gasteiger partial charge on any atom is -0.481 e. The van der Waals surface area contributed by atoms with E-state index in [1.54, 1.807) is 6.07 Å². The van der Waals surface area contributed by atoms with Gasteiger partial charge in [0.05, 0.1) is 5.92 Å². The van der Waals surface area contributed by atoms with Crippen molar-refractivity contribution in [1.29, 1.82) is 0 Å². The van der Waals surface area contributed by atoms with Gasteiger partial charge in [-0.3, -0.25) is 4.79 Å². The van der Waals surface area contributed by atoms with E-state index in [1.807, 2.05) is 0 Å². The van der Waals surface area contributed by atoms with Crippen LogP contribution >= 0.6 is 11.6 Å². The molecule has 0 amide bonds. The highest BCUT2D eigenvalue weighted by atomic mass is 35.5. The van der Waals surface area contributed by atoms with E-state index in [0.29, 0.717) is 23.7 Å². The Labute approximate surface area is 97.2 Å². The predicted molar refractivity (Wildman–Crippen MR) is 58.1 cm³/mol. The molecule has 2 atom stereocenters. The van der Waals surface area contributed by atoms with E-state index in [2.05, 4.69) is 5.32 Å². The lowest BCUT2D eigenvalue weighted by Crippen LogP contribution is -2.21. The predicted octanol–water partition coefficient (Wildman–Crippen LogP) is 1.87. The molecule has 1 saturated heterocycles. The summed E-state index contributed by atoms with van der Waals surface area (Å²) < 4.78 is 12.9. The second-order valence-corrected chi connectivity index (χ2v) is 4.28. The van der Waals surface area contributed by atoms with Crippen LogP contribution in [-0.2, 0) is 4.79 Å². The lowest BCUT2D eigenvalue weighted by Gasteiger charge is -2.16. The van der Waals surface area contributed by atoms with Gasteiger partial charge in [-0.15, -0.1) is 0 Å². The zero-order valence-electron chi connectivity index (χ0n) is 8.41. The van der Waals surface area contributed by atoms with Gasteiger partial charge in [0.1, 0.15) is 5.82 Å². The number of carboxylic acids is 1. The summed E-state index contributed by atoms with van der Waals surface area (Å²) in [5.74, 6) is -1.95. The Balaban J connectivity index is 2.32. The van der Waals surface area contributed by atoms with Gasteiger partial charge < -0.3 is 10.4 Å². The summed E-state index contributed by atoms with van der Waals surface area (Å²) in [6.07, 6.45) is 0. The van der Waals surface area contributed by atoms with Gasteiger partial charge in [-0.2, -0.15) is 0 Å². The maximum absolute atomic E-state index is 12.9. The highest BCUT2D eigenvalue weighted by Crippen LogP contribution is 2.33. The first-order valence-corrected chi connectivity index (χ1v) is 5.36. The fourth-order valence-corrected chi connectivity index (χ4v) is 2.37. The molecule has 1 aliphatic heterocycles. The van der Waals surface area contributed by atoms with Gasteiger partial charge in [0.25, 0.3) is 0 Å². The van der Waals surface area contributed by atoms with E-state index in [-0.39, 0.29) is 5.92 Å². The molecule has 1 heterocycles. The molecule has 1 aliphatic rings. The van der Waals surface area contributed by atoms with E-state index in [1.165, 1.54) is 12.1 Å². The first-order chi connectivity index (χ1) is 7.59. The van der Waals surface area contributed by atoms with Crippen molar-refractivity contribution in [2.75, 3.05) is 13.1 Å². The van der Waals surface area contributed by atoms with Gasteiger partial charge in [0.15, 0.2) is 0 Å². The second-order valence-electron chi connectivity index (χ2n) is 3.88. The maximum Gasteiger partial charge on any atom is 0.308 e. The van der Waals surface area contributed by atoms with Crippen molar-refractivity contribution in [2.45, 2.75) is 5.92 Å². The van der Waals surface area contributed by atoms with Crippen molar-refractivity contribution >= 4 is 17.6 Å². The fraction of sp³-hybridized carbons (Fsp3) is 0.364. The number of rotatable bonds is 2. The molecule has 1 aromatic rings. The lowest BCUT2D eigenvalue weighted by atomic mass is 9.89. The Morgan fingerprint density at radius 1 is 1.50 bits per heavy atom. The molecule has 2 rings (SSSR count). The van der Waals surface area contributed by atoms with Gasteiger partial charge in [-0.1, -0.05) is 17.7 Å². The third-order valence-corrected chi connectivity index (χ3v) is 3.22. The molecule has 5 heteroatoms. The summed E-state index contributed by atoms with van der Waals surface area (Å²) in [7, 11) is 0. The minimum absolute atomic E-state index is 0.189. The highest BCUT2D eigenvalue weighted by Gasteiger charge is 2.34. The van der Waals surface area contributed by atoms with Gasteiger partial charge in [-0.25, -0.2) is 4.39 Å².